The molecule has 43 heavy (non-hydrogen) atoms. The summed E-state index contributed by atoms with van der Waals surface area (Å²) >= 11 is 0. The Kier molecular flexibility index (Phi) is 7.46. The van der Waals surface area contributed by atoms with Crippen LogP contribution in [0.1, 0.15) is 23.9 Å². The van der Waals surface area contributed by atoms with Crippen molar-refractivity contribution in [2.45, 2.75) is 26.0 Å². The summed E-state index contributed by atoms with van der Waals surface area (Å²) in [6, 6.07) is 10.9. The largest absolute Gasteiger partial charge is 0.489 e. The molecule has 0 saturated carbocycles. The zero-order chi connectivity index (χ0) is 30.1. The van der Waals surface area contributed by atoms with Gasteiger partial charge in [-0.05, 0) is 37.6 Å². The van der Waals surface area contributed by atoms with Crippen molar-refractivity contribution in [3.8, 4) is 28.5 Å². The van der Waals surface area contributed by atoms with E-state index in [0.717, 1.165) is 16.5 Å². The molecule has 3 aromatic heterocycles. The molecule has 1 aliphatic heterocycles. The highest BCUT2D eigenvalue weighted by Gasteiger charge is 2.33. The maximum absolute atomic E-state index is 14.4. The minimum atomic E-state index is -3.55. The number of hydrogen-bond donors (Lipinski definition) is 1. The third-order valence-corrected chi connectivity index (χ3v) is 8.48. The zero-order valence-corrected chi connectivity index (χ0v) is 23.9. The second-order valence-corrected chi connectivity index (χ2v) is 11.8. The van der Waals surface area contributed by atoms with Crippen LogP contribution >= 0.6 is 0 Å². The van der Waals surface area contributed by atoms with Crippen molar-refractivity contribution < 1.29 is 22.3 Å². The SMILES string of the molecule is C=CS(=O)(=O)N1CC[C@@H](n2nc(-c3ccc(Oc4cc(F)cc(OCc5cnc(C)nc5)c4)cc3)c3c(N)ncnc32)C1. The molecule has 5 aromatic rings. The Bertz CT molecular complexity index is 1910. The van der Waals surface area contributed by atoms with Crippen LogP contribution in [0.15, 0.2) is 73.2 Å². The lowest BCUT2D eigenvalue weighted by molar-refractivity contribution is 0.301. The molecule has 0 radical (unpaired) electrons. The van der Waals surface area contributed by atoms with Crippen molar-refractivity contribution in [3.05, 3.63) is 90.4 Å². The first-order valence-corrected chi connectivity index (χ1v) is 14.8. The van der Waals surface area contributed by atoms with E-state index in [1.165, 1.54) is 22.8 Å². The third kappa shape index (κ3) is 5.87. The highest BCUT2D eigenvalue weighted by molar-refractivity contribution is 7.92. The smallest absolute Gasteiger partial charge is 0.235 e. The Morgan fingerprint density at radius 3 is 2.56 bits per heavy atom. The van der Waals surface area contributed by atoms with Gasteiger partial charge in [0.15, 0.2) is 5.65 Å². The highest BCUT2D eigenvalue weighted by Crippen LogP contribution is 2.36. The van der Waals surface area contributed by atoms with E-state index in [4.69, 9.17) is 20.3 Å². The van der Waals surface area contributed by atoms with Gasteiger partial charge in [0.2, 0.25) is 10.0 Å². The minimum Gasteiger partial charge on any atom is -0.489 e. The second-order valence-electron chi connectivity index (χ2n) is 9.94. The second kappa shape index (κ2) is 11.4. The summed E-state index contributed by atoms with van der Waals surface area (Å²) in [6.07, 6.45) is 5.22. The number of fused-ring (bicyclic) bond motifs is 1. The molecule has 0 aliphatic carbocycles. The first-order valence-electron chi connectivity index (χ1n) is 13.3. The number of sulfonamides is 1. The molecule has 14 heteroatoms. The van der Waals surface area contributed by atoms with E-state index in [0.29, 0.717) is 47.0 Å². The molecule has 0 unspecified atom stereocenters. The number of nitrogen functional groups attached to an aromatic ring is 1. The third-order valence-electron chi connectivity index (χ3n) is 7.01. The fraction of sp³-hybridized carbons (Fsp3) is 0.207. The molecular weight excluding hydrogens is 575 g/mol. The number of hydrogen-bond acceptors (Lipinski definition) is 10. The van der Waals surface area contributed by atoms with Crippen LogP contribution in [0, 0.1) is 12.7 Å². The maximum atomic E-state index is 14.4. The summed E-state index contributed by atoms with van der Waals surface area (Å²) in [5, 5.41) is 6.31. The summed E-state index contributed by atoms with van der Waals surface area (Å²) in [5.41, 5.74) is 8.78. The van der Waals surface area contributed by atoms with Crippen LogP contribution in [0.2, 0.25) is 0 Å². The van der Waals surface area contributed by atoms with Crippen LogP contribution < -0.4 is 15.2 Å². The van der Waals surface area contributed by atoms with Gasteiger partial charge in [-0.3, -0.25) is 0 Å². The number of aryl methyl sites for hydroxylation is 1. The van der Waals surface area contributed by atoms with Crippen LogP contribution in [0.3, 0.4) is 0 Å². The number of nitrogens with two attached hydrogens (primary N) is 1. The Labute approximate surface area is 246 Å². The number of nitrogens with zero attached hydrogens (tertiary/aromatic N) is 7. The van der Waals surface area contributed by atoms with Gasteiger partial charge >= 0.3 is 0 Å². The molecule has 1 atom stereocenters. The number of benzene rings is 2. The minimum absolute atomic E-state index is 0.175. The molecule has 6 rings (SSSR count). The molecule has 2 N–H and O–H groups in total. The zero-order valence-electron chi connectivity index (χ0n) is 23.1. The van der Waals surface area contributed by atoms with E-state index in [-0.39, 0.29) is 30.8 Å². The topological polar surface area (TPSA) is 151 Å². The van der Waals surface area contributed by atoms with E-state index < -0.39 is 15.8 Å². The Morgan fingerprint density at radius 2 is 1.81 bits per heavy atom. The lowest BCUT2D eigenvalue weighted by Gasteiger charge is -2.14. The predicted molar refractivity (Wildman–Crippen MR) is 157 cm³/mol. The Morgan fingerprint density at radius 1 is 1.07 bits per heavy atom. The van der Waals surface area contributed by atoms with Crippen LogP contribution in [0.4, 0.5) is 10.2 Å². The molecule has 1 aliphatic rings. The standard InChI is InChI=1S/C29H27FN8O4S/c1-3-43(39,40)37-9-8-22(15-37)38-29-26(28(31)34-17-35-29)27(36-38)20-4-6-23(7-5-20)42-25-11-21(30)10-24(12-25)41-16-19-13-32-18(2)33-14-19/h3-7,10-14,17,22H,1,8-9,15-16H2,2H3,(H2,31,34,35)/t22-/m1/s1. The van der Waals surface area contributed by atoms with Gasteiger partial charge < -0.3 is 15.2 Å². The van der Waals surface area contributed by atoms with Crippen molar-refractivity contribution >= 4 is 26.9 Å². The lowest BCUT2D eigenvalue weighted by atomic mass is 10.1. The monoisotopic (exact) mass is 602 g/mol. The first kappa shape index (κ1) is 28.2. The van der Waals surface area contributed by atoms with Crippen molar-refractivity contribution in [2.75, 3.05) is 18.8 Å². The van der Waals surface area contributed by atoms with Gasteiger partial charge in [-0.2, -0.15) is 9.40 Å². The summed E-state index contributed by atoms with van der Waals surface area (Å²) in [4.78, 5) is 16.8. The molecule has 4 heterocycles. The van der Waals surface area contributed by atoms with E-state index in [1.807, 2.05) is 0 Å². The predicted octanol–water partition coefficient (Wildman–Crippen LogP) is 4.40. The quantitative estimate of drug-likeness (QED) is 0.257. The maximum Gasteiger partial charge on any atom is 0.235 e. The molecule has 12 nitrogen and oxygen atoms in total. The van der Waals surface area contributed by atoms with E-state index in [1.54, 1.807) is 54.3 Å². The van der Waals surface area contributed by atoms with Crippen molar-refractivity contribution in [1.82, 2.24) is 34.0 Å². The number of ether oxygens (including phenoxy) is 2. The summed E-state index contributed by atoms with van der Waals surface area (Å²) < 4.78 is 53.7. The molecule has 0 amide bonds. The van der Waals surface area contributed by atoms with Gasteiger partial charge in [0.05, 0.1) is 11.4 Å². The van der Waals surface area contributed by atoms with Crippen LogP contribution in [-0.4, -0.2) is 55.5 Å². The fourth-order valence-corrected chi connectivity index (χ4v) is 5.81. The molecule has 1 fully saturated rings. The first-order chi connectivity index (χ1) is 20.7. The van der Waals surface area contributed by atoms with E-state index >= 15 is 0 Å². The van der Waals surface area contributed by atoms with Crippen molar-refractivity contribution in [3.63, 3.8) is 0 Å². The van der Waals surface area contributed by atoms with Crippen LogP contribution in [0.5, 0.6) is 17.2 Å². The summed E-state index contributed by atoms with van der Waals surface area (Å²) in [7, 11) is -3.55. The normalized spacial score (nSPS) is 15.5. The van der Waals surface area contributed by atoms with E-state index in [2.05, 4.69) is 26.5 Å². The fourth-order valence-electron chi connectivity index (χ4n) is 4.86. The number of anilines is 1. The number of rotatable bonds is 9. The molecule has 0 spiro atoms. The van der Waals surface area contributed by atoms with Gasteiger partial charge in [-0.1, -0.05) is 6.58 Å². The van der Waals surface area contributed by atoms with Gasteiger partial charge in [0.25, 0.3) is 0 Å². The molecule has 2 aromatic carbocycles. The molecule has 220 valence electrons. The average molecular weight is 603 g/mol. The van der Waals surface area contributed by atoms with Crippen molar-refractivity contribution in [2.24, 2.45) is 0 Å². The average Bonchev–Trinajstić information content (AvgIpc) is 3.64. The molecular formula is C29H27FN8O4S. The lowest BCUT2D eigenvalue weighted by Crippen LogP contribution is -2.27. The summed E-state index contributed by atoms with van der Waals surface area (Å²) in [5.74, 6) is 1.41. The Balaban J connectivity index is 1.23. The summed E-state index contributed by atoms with van der Waals surface area (Å²) in [6.45, 7) is 5.96. The number of aromatic nitrogens is 6. The van der Waals surface area contributed by atoms with E-state index in [9.17, 15) is 12.8 Å². The van der Waals surface area contributed by atoms with Gasteiger partial charge in [-0.15, -0.1) is 0 Å². The van der Waals surface area contributed by atoms with Crippen molar-refractivity contribution in [1.29, 1.82) is 0 Å². The molecule has 1 saturated heterocycles. The molecule has 0 bridgehead atoms. The van der Waals surface area contributed by atoms with Gasteiger partial charge in [0.1, 0.15) is 53.3 Å². The highest BCUT2D eigenvalue weighted by atomic mass is 32.2. The van der Waals surface area contributed by atoms with Crippen LogP contribution in [-0.2, 0) is 16.6 Å². The van der Waals surface area contributed by atoms with Gasteiger partial charge in [-0.25, -0.2) is 37.4 Å². The number of halogens is 1. The van der Waals surface area contributed by atoms with Crippen LogP contribution in [0.25, 0.3) is 22.3 Å². The van der Waals surface area contributed by atoms with Gasteiger partial charge in [0, 0.05) is 60.2 Å². The Hall–Kier alpha value is -4.95.